The van der Waals surface area contributed by atoms with Gasteiger partial charge in [-0.3, -0.25) is 14.3 Å². The topological polar surface area (TPSA) is 67.2 Å². The molecule has 1 unspecified atom stereocenters. The Labute approximate surface area is 157 Å². The normalized spacial score (nSPS) is 19.8. The number of hydrogen-bond donors (Lipinski definition) is 1. The van der Waals surface area contributed by atoms with Crippen LogP contribution in [0, 0.1) is 19.8 Å². The number of thiophene rings is 1. The molecule has 2 amide bonds. The number of aromatic nitrogens is 2. The lowest BCUT2D eigenvalue weighted by atomic mass is 10.0. The fourth-order valence-electron chi connectivity index (χ4n) is 3.81. The number of nitrogens with zero attached hydrogens (tertiary/aromatic N) is 3. The zero-order chi connectivity index (χ0) is 18.4. The number of rotatable bonds is 4. The lowest BCUT2D eigenvalue weighted by Gasteiger charge is -2.25. The fraction of sp³-hybridized carbons (Fsp3) is 0.526. The molecule has 0 spiro atoms. The number of nitrogens with one attached hydrogen (secondary N) is 1. The van der Waals surface area contributed by atoms with E-state index in [0.717, 1.165) is 48.6 Å². The minimum absolute atomic E-state index is 0.0482. The Hall–Kier alpha value is -2.15. The molecule has 138 valence electrons. The molecule has 26 heavy (non-hydrogen) atoms. The zero-order valence-corrected chi connectivity index (χ0v) is 16.2. The quantitative estimate of drug-likeness (QED) is 0.894. The first-order valence-electron chi connectivity index (χ1n) is 9.17. The smallest absolute Gasteiger partial charge is 0.264 e. The van der Waals surface area contributed by atoms with Crippen LogP contribution in [0.1, 0.15) is 58.3 Å². The van der Waals surface area contributed by atoms with Crippen molar-refractivity contribution < 1.29 is 9.59 Å². The van der Waals surface area contributed by atoms with E-state index in [2.05, 4.69) is 17.3 Å². The zero-order valence-electron chi connectivity index (χ0n) is 15.4. The van der Waals surface area contributed by atoms with Crippen molar-refractivity contribution in [1.82, 2.24) is 14.7 Å². The van der Waals surface area contributed by atoms with Crippen LogP contribution >= 0.6 is 11.3 Å². The summed E-state index contributed by atoms with van der Waals surface area (Å²) >= 11 is 1.37. The molecule has 1 atom stereocenters. The van der Waals surface area contributed by atoms with Crippen LogP contribution in [0.25, 0.3) is 0 Å². The third-order valence-corrected chi connectivity index (χ3v) is 6.41. The van der Waals surface area contributed by atoms with Crippen molar-refractivity contribution >= 4 is 28.2 Å². The van der Waals surface area contributed by atoms with Gasteiger partial charge in [0.05, 0.1) is 21.6 Å². The molecule has 7 heteroatoms. The molecule has 4 rings (SSSR count). The maximum Gasteiger partial charge on any atom is 0.264 e. The van der Waals surface area contributed by atoms with Gasteiger partial charge in [-0.15, -0.1) is 11.3 Å². The van der Waals surface area contributed by atoms with Crippen LogP contribution < -0.4 is 5.32 Å². The number of aryl methyl sites for hydroxylation is 2. The van der Waals surface area contributed by atoms with Crippen LogP contribution in [0.4, 0.5) is 5.00 Å². The Balaban J connectivity index is 1.53. The third kappa shape index (κ3) is 3.05. The van der Waals surface area contributed by atoms with E-state index in [-0.39, 0.29) is 23.8 Å². The van der Waals surface area contributed by atoms with Gasteiger partial charge in [0.25, 0.3) is 5.91 Å². The summed E-state index contributed by atoms with van der Waals surface area (Å²) in [5.41, 5.74) is 3.30. The highest BCUT2D eigenvalue weighted by atomic mass is 32.1. The molecule has 1 aliphatic heterocycles. The molecule has 0 bridgehead atoms. The number of carbonyl (C=O) groups excluding carboxylic acids is 2. The van der Waals surface area contributed by atoms with Gasteiger partial charge in [0.1, 0.15) is 0 Å². The van der Waals surface area contributed by atoms with E-state index in [1.54, 1.807) is 0 Å². The molecular weight excluding hydrogens is 348 g/mol. The van der Waals surface area contributed by atoms with Crippen molar-refractivity contribution in [2.45, 2.75) is 45.6 Å². The third-order valence-electron chi connectivity index (χ3n) is 5.42. The predicted octanol–water partition coefficient (Wildman–Crippen LogP) is 3.42. The number of likely N-dealkylation sites (tertiary alicyclic amines) is 1. The van der Waals surface area contributed by atoms with Gasteiger partial charge in [0, 0.05) is 30.8 Å². The monoisotopic (exact) mass is 372 g/mol. The summed E-state index contributed by atoms with van der Waals surface area (Å²) in [7, 11) is 1.95. The number of amides is 2. The average Bonchev–Trinajstić information content (AvgIpc) is 3.08. The summed E-state index contributed by atoms with van der Waals surface area (Å²) in [4.78, 5) is 27.7. The van der Waals surface area contributed by atoms with Crippen LogP contribution in [-0.2, 0) is 11.8 Å². The van der Waals surface area contributed by atoms with E-state index in [1.165, 1.54) is 16.9 Å². The summed E-state index contributed by atoms with van der Waals surface area (Å²) in [6, 6.07) is 3.75. The molecule has 1 aliphatic carbocycles. The van der Waals surface area contributed by atoms with Crippen LogP contribution in [0.5, 0.6) is 0 Å². The van der Waals surface area contributed by atoms with Gasteiger partial charge in [-0.25, -0.2) is 0 Å². The molecule has 2 aliphatic rings. The van der Waals surface area contributed by atoms with Gasteiger partial charge in [-0.2, -0.15) is 5.10 Å². The molecule has 1 saturated carbocycles. The van der Waals surface area contributed by atoms with Gasteiger partial charge in [-0.05, 0) is 51.7 Å². The molecule has 0 aromatic carbocycles. The lowest BCUT2D eigenvalue weighted by Crippen LogP contribution is -2.30. The molecule has 2 fully saturated rings. The van der Waals surface area contributed by atoms with E-state index in [4.69, 9.17) is 0 Å². The van der Waals surface area contributed by atoms with E-state index < -0.39 is 0 Å². The standard InChI is InChI=1S/C19H24N4O2S/c1-11-17(12(2)22(3)21-11)14-5-4-10-23(14)19(25)15-8-9-16(26-15)20-18(24)13-6-7-13/h8-9,13-14H,4-7,10H2,1-3H3,(H,20,24). The highest BCUT2D eigenvalue weighted by Gasteiger charge is 2.35. The Bertz CT molecular complexity index is 865. The highest BCUT2D eigenvalue weighted by Crippen LogP contribution is 2.38. The summed E-state index contributed by atoms with van der Waals surface area (Å²) in [5, 5.41) is 8.20. The van der Waals surface area contributed by atoms with Crippen molar-refractivity contribution in [1.29, 1.82) is 0 Å². The molecule has 1 saturated heterocycles. The molecule has 2 aromatic rings. The highest BCUT2D eigenvalue weighted by molar-refractivity contribution is 7.18. The average molecular weight is 372 g/mol. The molecule has 6 nitrogen and oxygen atoms in total. The van der Waals surface area contributed by atoms with Gasteiger partial charge in [0.2, 0.25) is 5.91 Å². The van der Waals surface area contributed by atoms with Crippen LogP contribution in [0.15, 0.2) is 12.1 Å². The lowest BCUT2D eigenvalue weighted by molar-refractivity contribution is -0.117. The Morgan fingerprint density at radius 3 is 2.65 bits per heavy atom. The largest absolute Gasteiger partial charge is 0.331 e. The Morgan fingerprint density at radius 2 is 2.00 bits per heavy atom. The number of anilines is 1. The van der Waals surface area contributed by atoms with Gasteiger partial charge >= 0.3 is 0 Å². The second-order valence-corrected chi connectivity index (χ2v) is 8.38. The van der Waals surface area contributed by atoms with Crippen LogP contribution in [-0.4, -0.2) is 33.0 Å². The Morgan fingerprint density at radius 1 is 1.23 bits per heavy atom. The molecule has 1 N–H and O–H groups in total. The number of carbonyl (C=O) groups is 2. The van der Waals surface area contributed by atoms with Crippen molar-refractivity contribution in [2.75, 3.05) is 11.9 Å². The first kappa shape index (κ1) is 17.3. The minimum atomic E-state index is 0.0482. The van der Waals surface area contributed by atoms with Crippen molar-refractivity contribution in [3.8, 4) is 0 Å². The van der Waals surface area contributed by atoms with Crippen molar-refractivity contribution in [2.24, 2.45) is 13.0 Å². The molecule has 3 heterocycles. The molecule has 2 aromatic heterocycles. The molecular formula is C19H24N4O2S. The van der Waals surface area contributed by atoms with Gasteiger partial charge in [0.15, 0.2) is 0 Å². The summed E-state index contributed by atoms with van der Waals surface area (Å²) < 4.78 is 1.89. The van der Waals surface area contributed by atoms with Crippen molar-refractivity contribution in [3.05, 3.63) is 34.0 Å². The first-order chi connectivity index (χ1) is 12.5. The maximum absolute atomic E-state index is 13.1. The van der Waals surface area contributed by atoms with Crippen LogP contribution in [0.3, 0.4) is 0 Å². The van der Waals surface area contributed by atoms with E-state index >= 15 is 0 Å². The van der Waals surface area contributed by atoms with Crippen LogP contribution in [0.2, 0.25) is 0 Å². The second kappa shape index (κ2) is 6.54. The van der Waals surface area contributed by atoms with Gasteiger partial charge < -0.3 is 10.2 Å². The number of hydrogen-bond acceptors (Lipinski definition) is 4. The SMILES string of the molecule is Cc1nn(C)c(C)c1C1CCCN1C(=O)c1ccc(NC(=O)C2CC2)s1. The van der Waals surface area contributed by atoms with E-state index in [0.29, 0.717) is 4.88 Å². The first-order valence-corrected chi connectivity index (χ1v) is 9.99. The summed E-state index contributed by atoms with van der Waals surface area (Å²) in [5.74, 6) is 0.286. The molecule has 0 radical (unpaired) electrons. The summed E-state index contributed by atoms with van der Waals surface area (Å²) in [6.07, 6.45) is 3.92. The fourth-order valence-corrected chi connectivity index (χ4v) is 4.68. The summed E-state index contributed by atoms with van der Waals surface area (Å²) in [6.45, 7) is 4.84. The minimum Gasteiger partial charge on any atom is -0.331 e. The van der Waals surface area contributed by atoms with Gasteiger partial charge in [-0.1, -0.05) is 0 Å². The van der Waals surface area contributed by atoms with E-state index in [9.17, 15) is 9.59 Å². The predicted molar refractivity (Wildman–Crippen MR) is 101 cm³/mol. The van der Waals surface area contributed by atoms with E-state index in [1.807, 2.05) is 35.7 Å². The Kier molecular flexibility index (Phi) is 4.34. The maximum atomic E-state index is 13.1. The second-order valence-electron chi connectivity index (χ2n) is 7.29. The van der Waals surface area contributed by atoms with Crippen molar-refractivity contribution in [3.63, 3.8) is 0 Å².